The van der Waals surface area contributed by atoms with Gasteiger partial charge in [-0.3, -0.25) is 4.98 Å². The zero-order chi connectivity index (χ0) is 19.8. The highest BCUT2D eigenvalue weighted by molar-refractivity contribution is 5.90. The van der Waals surface area contributed by atoms with Gasteiger partial charge in [0.1, 0.15) is 0 Å². The summed E-state index contributed by atoms with van der Waals surface area (Å²) >= 11 is 0. The van der Waals surface area contributed by atoms with E-state index in [0.29, 0.717) is 43.5 Å². The summed E-state index contributed by atoms with van der Waals surface area (Å²) in [6.07, 6.45) is 4.11. The van der Waals surface area contributed by atoms with E-state index in [1.807, 2.05) is 43.3 Å². The van der Waals surface area contributed by atoms with Crippen LogP contribution in [0.2, 0.25) is 0 Å². The highest BCUT2D eigenvalue weighted by atomic mass is 16.5. The van der Waals surface area contributed by atoms with Crippen molar-refractivity contribution in [1.29, 1.82) is 0 Å². The van der Waals surface area contributed by atoms with E-state index >= 15 is 0 Å². The van der Waals surface area contributed by atoms with Crippen LogP contribution >= 0.6 is 0 Å². The topological polar surface area (TPSA) is 93.4 Å². The van der Waals surface area contributed by atoms with Crippen molar-refractivity contribution in [2.45, 2.75) is 19.9 Å². The monoisotopic (exact) mass is 381 g/mol. The molecule has 0 aliphatic heterocycles. The van der Waals surface area contributed by atoms with Crippen molar-refractivity contribution in [2.24, 2.45) is 0 Å². The van der Waals surface area contributed by atoms with Gasteiger partial charge in [0, 0.05) is 50.3 Å². The Kier molecular flexibility index (Phi) is 6.69. The molecule has 1 aromatic carbocycles. The first-order chi connectivity index (χ1) is 13.7. The Morgan fingerprint density at radius 2 is 2.07 bits per heavy atom. The van der Waals surface area contributed by atoms with Gasteiger partial charge in [0.2, 0.25) is 0 Å². The summed E-state index contributed by atoms with van der Waals surface area (Å²) in [4.78, 5) is 22.8. The lowest BCUT2D eigenvalue weighted by atomic mass is 10.2. The second-order valence-electron chi connectivity index (χ2n) is 6.15. The molecule has 0 aliphatic rings. The molecule has 0 bridgehead atoms. The fraction of sp³-hybridized carbons (Fsp3) is 0.300. The number of carbonyl (C=O) groups excluding carboxylic acids is 1. The van der Waals surface area contributed by atoms with E-state index in [2.05, 4.69) is 20.4 Å². The molecule has 28 heavy (non-hydrogen) atoms. The van der Waals surface area contributed by atoms with Crippen LogP contribution in [0.1, 0.15) is 18.3 Å². The molecule has 0 aliphatic carbocycles. The fourth-order valence-corrected chi connectivity index (χ4v) is 2.61. The molecule has 0 atom stereocenters. The van der Waals surface area contributed by atoms with Gasteiger partial charge in [0.05, 0.1) is 6.61 Å². The molecule has 0 radical (unpaired) electrons. The van der Waals surface area contributed by atoms with Gasteiger partial charge in [-0.05, 0) is 35.9 Å². The first-order valence-electron chi connectivity index (χ1n) is 9.06. The van der Waals surface area contributed by atoms with E-state index in [4.69, 9.17) is 9.26 Å². The molecule has 8 heteroatoms. The van der Waals surface area contributed by atoms with E-state index in [0.717, 1.165) is 11.1 Å². The smallest absolute Gasteiger partial charge is 0.322 e. The number of nitrogens with zero attached hydrogens (tertiary/aromatic N) is 4. The van der Waals surface area contributed by atoms with Gasteiger partial charge < -0.3 is 19.5 Å². The highest BCUT2D eigenvalue weighted by Crippen LogP contribution is 2.21. The number of aryl methyl sites for hydroxylation is 1. The molecule has 2 amide bonds. The van der Waals surface area contributed by atoms with Crippen molar-refractivity contribution < 1.29 is 14.1 Å². The summed E-state index contributed by atoms with van der Waals surface area (Å²) in [6.45, 7) is 3.33. The molecular weight excluding hydrogens is 358 g/mol. The van der Waals surface area contributed by atoms with Crippen LogP contribution in [0.25, 0.3) is 11.5 Å². The van der Waals surface area contributed by atoms with E-state index < -0.39 is 0 Å². The number of methoxy groups -OCH3 is 1. The third-order valence-corrected chi connectivity index (χ3v) is 4.12. The number of ether oxygens (including phenoxy) is 1. The van der Waals surface area contributed by atoms with Crippen molar-refractivity contribution in [1.82, 2.24) is 20.0 Å². The van der Waals surface area contributed by atoms with Gasteiger partial charge in [-0.25, -0.2) is 4.79 Å². The predicted octanol–water partition coefficient (Wildman–Crippen LogP) is 3.37. The summed E-state index contributed by atoms with van der Waals surface area (Å²) in [7, 11) is 1.61. The number of nitrogens with one attached hydrogen (secondary N) is 1. The summed E-state index contributed by atoms with van der Waals surface area (Å²) in [5.74, 6) is 1.08. The second-order valence-corrected chi connectivity index (χ2v) is 6.15. The maximum Gasteiger partial charge on any atom is 0.322 e. The molecule has 0 saturated carbocycles. The number of anilines is 1. The number of carbonyl (C=O) groups is 1. The number of urea groups is 1. The van der Waals surface area contributed by atoms with E-state index in [1.54, 1.807) is 24.4 Å². The van der Waals surface area contributed by atoms with E-state index in [9.17, 15) is 4.79 Å². The van der Waals surface area contributed by atoms with Gasteiger partial charge in [0.25, 0.3) is 5.89 Å². The van der Waals surface area contributed by atoms with Crippen molar-refractivity contribution in [3.8, 4) is 11.5 Å². The number of benzene rings is 1. The number of hydrogen-bond acceptors (Lipinski definition) is 6. The predicted molar refractivity (Wildman–Crippen MR) is 105 cm³/mol. The average Bonchev–Trinajstić information content (AvgIpc) is 3.21. The number of pyridine rings is 1. The summed E-state index contributed by atoms with van der Waals surface area (Å²) in [5.41, 5.74) is 2.39. The Labute approximate surface area is 163 Å². The summed E-state index contributed by atoms with van der Waals surface area (Å²) in [5, 5.41) is 6.84. The first kappa shape index (κ1) is 19.5. The van der Waals surface area contributed by atoms with Crippen molar-refractivity contribution in [3.05, 3.63) is 60.2 Å². The van der Waals surface area contributed by atoms with Gasteiger partial charge >= 0.3 is 6.03 Å². The number of rotatable bonds is 8. The molecule has 3 aromatic rings. The average molecular weight is 381 g/mol. The SMILES string of the molecule is CCc1noc(-c2cccc(NC(=O)N(CCOC)Cc3ccncc3)c2)n1. The van der Waals surface area contributed by atoms with Gasteiger partial charge in [-0.15, -0.1) is 0 Å². The van der Waals surface area contributed by atoms with Crippen LogP contribution in [-0.2, 0) is 17.7 Å². The number of aromatic nitrogens is 3. The second kappa shape index (κ2) is 9.61. The first-order valence-corrected chi connectivity index (χ1v) is 9.06. The molecule has 0 unspecified atom stereocenters. The van der Waals surface area contributed by atoms with E-state index in [-0.39, 0.29) is 6.03 Å². The number of hydrogen-bond donors (Lipinski definition) is 1. The minimum atomic E-state index is -0.217. The Morgan fingerprint density at radius 1 is 1.25 bits per heavy atom. The van der Waals surface area contributed by atoms with Crippen LogP contribution in [0.15, 0.2) is 53.3 Å². The molecule has 2 heterocycles. The molecule has 0 spiro atoms. The molecule has 0 saturated heterocycles. The molecule has 146 valence electrons. The van der Waals surface area contributed by atoms with Crippen LogP contribution in [0, 0.1) is 0 Å². The minimum Gasteiger partial charge on any atom is -0.383 e. The molecule has 3 rings (SSSR count). The zero-order valence-electron chi connectivity index (χ0n) is 16.0. The van der Waals surface area contributed by atoms with Gasteiger partial charge in [-0.2, -0.15) is 4.98 Å². The number of amides is 2. The maximum absolute atomic E-state index is 12.8. The van der Waals surface area contributed by atoms with Crippen molar-refractivity contribution in [2.75, 3.05) is 25.6 Å². The summed E-state index contributed by atoms with van der Waals surface area (Å²) < 4.78 is 10.4. The van der Waals surface area contributed by atoms with Crippen LogP contribution < -0.4 is 5.32 Å². The maximum atomic E-state index is 12.8. The molecule has 2 aromatic heterocycles. The quantitative estimate of drug-likeness (QED) is 0.643. The molecular formula is C20H23N5O3. The summed E-state index contributed by atoms with van der Waals surface area (Å²) in [6, 6.07) is 10.9. The standard InChI is InChI=1S/C20H23N5O3/c1-3-18-23-19(28-24-18)16-5-4-6-17(13-16)22-20(26)25(11-12-27-2)14-15-7-9-21-10-8-15/h4-10,13H,3,11-12,14H2,1-2H3,(H,22,26). The van der Waals surface area contributed by atoms with Crippen molar-refractivity contribution in [3.63, 3.8) is 0 Å². The third-order valence-electron chi connectivity index (χ3n) is 4.12. The fourth-order valence-electron chi connectivity index (χ4n) is 2.61. The van der Waals surface area contributed by atoms with Crippen LogP contribution in [0.5, 0.6) is 0 Å². The largest absolute Gasteiger partial charge is 0.383 e. The molecule has 0 fully saturated rings. The lowest BCUT2D eigenvalue weighted by Crippen LogP contribution is -2.36. The molecule has 8 nitrogen and oxygen atoms in total. The third kappa shape index (κ3) is 5.14. The van der Waals surface area contributed by atoms with E-state index in [1.165, 1.54) is 0 Å². The highest BCUT2D eigenvalue weighted by Gasteiger charge is 2.15. The minimum absolute atomic E-state index is 0.217. The lowest BCUT2D eigenvalue weighted by Gasteiger charge is -2.23. The Balaban J connectivity index is 1.72. The Morgan fingerprint density at radius 3 is 2.79 bits per heavy atom. The van der Waals surface area contributed by atoms with Gasteiger partial charge in [-0.1, -0.05) is 18.1 Å². The lowest BCUT2D eigenvalue weighted by molar-refractivity contribution is 0.153. The molecule has 1 N–H and O–H groups in total. The normalized spacial score (nSPS) is 10.6. The van der Waals surface area contributed by atoms with Crippen molar-refractivity contribution >= 4 is 11.7 Å². The van der Waals surface area contributed by atoms with Gasteiger partial charge in [0.15, 0.2) is 5.82 Å². The van der Waals surface area contributed by atoms with Crippen LogP contribution in [0.3, 0.4) is 0 Å². The Hall–Kier alpha value is -3.26. The Bertz CT molecular complexity index is 898. The van der Waals surface area contributed by atoms with Crippen LogP contribution in [0.4, 0.5) is 10.5 Å². The van der Waals surface area contributed by atoms with Crippen LogP contribution in [-0.4, -0.2) is 46.3 Å². The zero-order valence-corrected chi connectivity index (χ0v) is 16.0.